The van der Waals surface area contributed by atoms with Crippen molar-refractivity contribution in [3.63, 3.8) is 0 Å². The maximum Gasteiger partial charge on any atom is 0.261 e. The van der Waals surface area contributed by atoms with Crippen LogP contribution in [-0.4, -0.2) is 46.7 Å². The molecule has 2 heterocycles. The van der Waals surface area contributed by atoms with Crippen LogP contribution in [0.15, 0.2) is 52.5 Å². The lowest BCUT2D eigenvalue weighted by molar-refractivity contribution is -0.108. The van der Waals surface area contributed by atoms with E-state index in [1.54, 1.807) is 23.0 Å². The maximum atomic E-state index is 14.4. The zero-order chi connectivity index (χ0) is 28.7. The van der Waals surface area contributed by atoms with Crippen LogP contribution in [0.4, 0.5) is 10.1 Å². The van der Waals surface area contributed by atoms with Crippen molar-refractivity contribution < 1.29 is 9.13 Å². The molecule has 8 heteroatoms. The average molecular weight is 560 g/mol. The predicted molar refractivity (Wildman–Crippen MR) is 162 cm³/mol. The van der Waals surface area contributed by atoms with Crippen molar-refractivity contribution in [1.29, 1.82) is 0 Å². The van der Waals surface area contributed by atoms with Gasteiger partial charge >= 0.3 is 0 Å². The highest BCUT2D eigenvalue weighted by atomic mass is 19.1. The van der Waals surface area contributed by atoms with E-state index in [0.717, 1.165) is 43.0 Å². The summed E-state index contributed by atoms with van der Waals surface area (Å²) >= 11 is 0. The molecule has 4 atom stereocenters. The van der Waals surface area contributed by atoms with Gasteiger partial charge in [0.2, 0.25) is 0 Å². The van der Waals surface area contributed by atoms with Crippen LogP contribution in [0.2, 0.25) is 0 Å². The van der Waals surface area contributed by atoms with Gasteiger partial charge in [0.05, 0.1) is 30.4 Å². The number of hydrogen-bond donors (Lipinski definition) is 1. The van der Waals surface area contributed by atoms with Gasteiger partial charge in [-0.2, -0.15) is 0 Å². The Hall–Kier alpha value is -3.42. The summed E-state index contributed by atoms with van der Waals surface area (Å²) in [5, 5.41) is 4.18. The number of hydrogen-bond acceptors (Lipinski definition) is 4. The summed E-state index contributed by atoms with van der Waals surface area (Å²) in [6.45, 7) is 9.61. The van der Waals surface area contributed by atoms with E-state index >= 15 is 0 Å². The van der Waals surface area contributed by atoms with Gasteiger partial charge in [-0.1, -0.05) is 26.8 Å². The van der Waals surface area contributed by atoms with Crippen molar-refractivity contribution in [2.24, 2.45) is 28.2 Å². The zero-order valence-electron chi connectivity index (χ0n) is 24.7. The summed E-state index contributed by atoms with van der Waals surface area (Å²) in [7, 11) is 1.51. The molecule has 7 nitrogen and oxygen atoms in total. The Bertz CT molecular complexity index is 1510. The minimum atomic E-state index is -0.337. The number of anilines is 1. The second kappa shape index (κ2) is 11.1. The molecule has 218 valence electrons. The van der Waals surface area contributed by atoms with Crippen molar-refractivity contribution in [3.05, 3.63) is 64.5 Å². The Morgan fingerprint density at radius 2 is 1.95 bits per heavy atom. The quantitative estimate of drug-likeness (QED) is 0.291. The Morgan fingerprint density at radius 1 is 1.15 bits per heavy atom. The molecule has 4 unspecified atom stereocenters. The largest absolute Gasteiger partial charge is 0.497 e. The fraction of sp³-hybridized carbons (Fsp3) is 0.545. The van der Waals surface area contributed by atoms with Crippen molar-refractivity contribution in [1.82, 2.24) is 14.5 Å². The number of nitrogens with one attached hydrogen (secondary N) is 1. The fourth-order valence-electron chi connectivity index (χ4n) is 7.37. The Balaban J connectivity index is 1.21. The van der Waals surface area contributed by atoms with Crippen LogP contribution in [-0.2, 0) is 13.0 Å². The Kier molecular flexibility index (Phi) is 7.51. The van der Waals surface area contributed by atoms with Gasteiger partial charge in [0.1, 0.15) is 11.6 Å². The van der Waals surface area contributed by atoms with Gasteiger partial charge in [-0.3, -0.25) is 9.36 Å². The first-order valence-electron chi connectivity index (χ1n) is 15.2. The number of likely N-dealkylation sites (tertiary alicyclic amines) is 1. The van der Waals surface area contributed by atoms with Crippen molar-refractivity contribution in [2.75, 3.05) is 25.5 Å². The summed E-state index contributed by atoms with van der Waals surface area (Å²) in [6.07, 6.45) is 8.07. The van der Waals surface area contributed by atoms with Crippen LogP contribution >= 0.6 is 0 Å². The number of aromatic nitrogens is 2. The molecule has 4 fully saturated rings. The van der Waals surface area contributed by atoms with Gasteiger partial charge in [0.15, 0.2) is 5.96 Å². The van der Waals surface area contributed by atoms with Gasteiger partial charge in [-0.15, -0.1) is 0 Å². The lowest BCUT2D eigenvalue weighted by Gasteiger charge is -2.61. The van der Waals surface area contributed by atoms with E-state index in [2.05, 4.69) is 36.0 Å². The highest BCUT2D eigenvalue weighted by molar-refractivity contribution is 5.95. The van der Waals surface area contributed by atoms with Crippen LogP contribution in [0.25, 0.3) is 10.9 Å². The van der Waals surface area contributed by atoms with E-state index in [9.17, 15) is 9.18 Å². The lowest BCUT2D eigenvalue weighted by atomic mass is 9.45. The topological polar surface area (TPSA) is 71.8 Å². The number of methoxy groups -OCH3 is 1. The molecule has 3 aromatic rings. The summed E-state index contributed by atoms with van der Waals surface area (Å²) in [6, 6.07) is 10.9. The second-order valence-corrected chi connectivity index (χ2v) is 12.8. The van der Waals surface area contributed by atoms with Crippen molar-refractivity contribution in [3.8, 4) is 5.75 Å². The summed E-state index contributed by atoms with van der Waals surface area (Å²) in [5.41, 5.74) is 2.37. The molecule has 1 N–H and O–H groups in total. The number of aryl methyl sites for hydroxylation is 2. The first kappa shape index (κ1) is 27.7. The number of guanidine groups is 1. The molecule has 41 heavy (non-hydrogen) atoms. The maximum absolute atomic E-state index is 14.4. The number of rotatable bonds is 6. The van der Waals surface area contributed by atoms with E-state index in [1.165, 1.54) is 38.9 Å². The smallest absolute Gasteiger partial charge is 0.261 e. The third kappa shape index (κ3) is 5.33. The number of fused-ring (bicyclic) bond motifs is 3. The molecule has 0 spiro atoms. The Labute approximate surface area is 241 Å². The molecule has 1 saturated heterocycles. The Morgan fingerprint density at radius 3 is 2.66 bits per heavy atom. The van der Waals surface area contributed by atoms with Crippen LogP contribution in [0.5, 0.6) is 5.75 Å². The first-order chi connectivity index (χ1) is 19.7. The summed E-state index contributed by atoms with van der Waals surface area (Å²) in [5.74, 6) is 3.16. The van der Waals surface area contributed by atoms with Gasteiger partial charge in [0.25, 0.3) is 5.56 Å². The molecule has 1 aromatic heterocycles. The van der Waals surface area contributed by atoms with Gasteiger partial charge < -0.3 is 15.0 Å². The number of piperidine rings is 1. The van der Waals surface area contributed by atoms with E-state index < -0.39 is 0 Å². The molecule has 2 bridgehead atoms. The summed E-state index contributed by atoms with van der Waals surface area (Å²) < 4.78 is 21.0. The second-order valence-electron chi connectivity index (χ2n) is 12.8. The molecule has 0 amide bonds. The molecule has 7 rings (SSSR count). The van der Waals surface area contributed by atoms with Gasteiger partial charge in [0, 0.05) is 31.4 Å². The van der Waals surface area contributed by atoms with E-state index in [0.29, 0.717) is 52.6 Å². The predicted octanol–water partition coefficient (Wildman–Crippen LogP) is 6.11. The number of ether oxygens (including phenoxy) is 1. The molecule has 3 saturated carbocycles. The lowest BCUT2D eigenvalue weighted by Crippen LogP contribution is -2.56. The van der Waals surface area contributed by atoms with Crippen LogP contribution in [0, 0.1) is 29.0 Å². The number of nitrogens with zero attached hydrogens (tertiary/aromatic N) is 4. The monoisotopic (exact) mass is 559 g/mol. The van der Waals surface area contributed by atoms with E-state index in [-0.39, 0.29) is 11.4 Å². The molecule has 4 aliphatic rings. The summed E-state index contributed by atoms with van der Waals surface area (Å²) in [4.78, 5) is 25.6. The average Bonchev–Trinajstić information content (AvgIpc) is 2.98. The third-order valence-electron chi connectivity index (χ3n) is 10.2. The molecule has 1 aliphatic heterocycles. The molecule has 2 aromatic carbocycles. The minimum Gasteiger partial charge on any atom is -0.497 e. The van der Waals surface area contributed by atoms with Gasteiger partial charge in [-0.05, 0) is 91.5 Å². The van der Waals surface area contributed by atoms with Crippen molar-refractivity contribution in [2.45, 2.75) is 71.9 Å². The van der Waals surface area contributed by atoms with Crippen LogP contribution < -0.4 is 15.6 Å². The molecular weight excluding hydrogens is 517 g/mol. The SMILES string of the molecule is COc1ccc(CCn2cnc3cc(NC(=NC4CC5CC(C4C)C5(C)C)N4CCCCC4)ccc3c2=O)c(F)c1. The van der Waals surface area contributed by atoms with E-state index in [1.807, 2.05) is 18.2 Å². The van der Waals surface area contributed by atoms with Crippen LogP contribution in [0.1, 0.15) is 58.4 Å². The van der Waals surface area contributed by atoms with Crippen molar-refractivity contribution >= 4 is 22.5 Å². The van der Waals surface area contributed by atoms with Gasteiger partial charge in [-0.25, -0.2) is 14.4 Å². The minimum absolute atomic E-state index is 0.127. The first-order valence-corrected chi connectivity index (χ1v) is 15.2. The molecule has 0 radical (unpaired) electrons. The zero-order valence-corrected chi connectivity index (χ0v) is 24.7. The number of halogens is 1. The standard InChI is InChI=1S/C33H42FN5O2/c1-21-27-16-23(33(27,2)3)17-29(21)37-32(38-13-6-5-7-14-38)36-24-9-11-26-30(18-24)35-20-39(31(26)40)15-12-22-8-10-25(41-4)19-28(22)34/h8-11,18-21,23,27,29H,5-7,12-17H2,1-4H3,(H,36,37). The number of aliphatic imine (C=N–C) groups is 1. The van der Waals surface area contributed by atoms with Crippen LogP contribution in [0.3, 0.4) is 0 Å². The molecule has 3 aliphatic carbocycles. The fourth-order valence-corrected chi connectivity index (χ4v) is 7.37. The number of benzene rings is 2. The highest BCUT2D eigenvalue weighted by Gasteiger charge is 2.56. The molecular formula is C33H42FN5O2. The normalized spacial score (nSPS) is 25.6. The highest BCUT2D eigenvalue weighted by Crippen LogP contribution is 2.61. The third-order valence-corrected chi connectivity index (χ3v) is 10.2. The van der Waals surface area contributed by atoms with E-state index in [4.69, 9.17) is 9.73 Å².